The highest BCUT2D eigenvalue weighted by molar-refractivity contribution is 5.84. The van der Waals surface area contributed by atoms with E-state index in [-0.39, 0.29) is 0 Å². The lowest BCUT2D eigenvalue weighted by Gasteiger charge is -2.07. The highest BCUT2D eigenvalue weighted by Gasteiger charge is 2.03. The summed E-state index contributed by atoms with van der Waals surface area (Å²) in [6.45, 7) is 0.964. The van der Waals surface area contributed by atoms with Crippen LogP contribution in [0, 0.1) is 0 Å². The van der Waals surface area contributed by atoms with Crippen LogP contribution in [0.4, 0.5) is 0 Å². The molecule has 0 atom stereocenters. The van der Waals surface area contributed by atoms with Gasteiger partial charge in [0.05, 0.1) is 30.1 Å². The molecular weight excluding hydrogens is 284 g/mol. The number of hydrogen-bond acceptors (Lipinski definition) is 3. The zero-order valence-electron chi connectivity index (χ0n) is 12.6. The van der Waals surface area contributed by atoms with Gasteiger partial charge in [-0.1, -0.05) is 48.5 Å². The Labute approximate surface area is 134 Å². The Hall–Kier alpha value is -2.78. The zero-order chi connectivity index (χ0) is 15.5. The second-order valence-electron chi connectivity index (χ2n) is 5.47. The molecule has 0 spiro atoms. The van der Waals surface area contributed by atoms with Gasteiger partial charge in [0.1, 0.15) is 0 Å². The number of hydrogen-bond donors (Lipinski definition) is 0. The van der Waals surface area contributed by atoms with Gasteiger partial charge in [-0.3, -0.25) is 9.97 Å². The van der Waals surface area contributed by atoms with Crippen molar-refractivity contribution >= 4 is 21.7 Å². The van der Waals surface area contributed by atoms with Gasteiger partial charge in [0.2, 0.25) is 0 Å². The van der Waals surface area contributed by atoms with Crippen LogP contribution in [0.15, 0.2) is 72.9 Å². The molecule has 2 aromatic heterocycles. The molecule has 2 aromatic carbocycles. The number of fused-ring (bicyclic) bond motifs is 2. The Balaban J connectivity index is 1.50. The highest BCUT2D eigenvalue weighted by Crippen LogP contribution is 2.18. The van der Waals surface area contributed by atoms with Crippen molar-refractivity contribution in [1.29, 1.82) is 0 Å². The van der Waals surface area contributed by atoms with Crippen molar-refractivity contribution in [2.24, 2.45) is 0 Å². The molecule has 0 amide bonds. The van der Waals surface area contributed by atoms with E-state index in [0.717, 1.165) is 27.7 Å². The molecule has 0 unspecified atom stereocenters. The topological polar surface area (TPSA) is 35.0 Å². The SMILES string of the molecule is c1ccc2nc(COCc3nccc4ccccc34)ccc2c1. The van der Waals surface area contributed by atoms with E-state index in [1.165, 1.54) is 5.39 Å². The first-order valence-corrected chi connectivity index (χ1v) is 7.65. The molecular formula is C20H16N2O. The van der Waals surface area contributed by atoms with Crippen molar-refractivity contribution in [3.63, 3.8) is 0 Å². The minimum absolute atomic E-state index is 0.482. The maximum absolute atomic E-state index is 5.84. The number of aromatic nitrogens is 2. The van der Waals surface area contributed by atoms with Crippen molar-refractivity contribution in [2.45, 2.75) is 13.2 Å². The number of benzene rings is 2. The minimum atomic E-state index is 0.482. The molecule has 0 fully saturated rings. The molecule has 23 heavy (non-hydrogen) atoms. The van der Waals surface area contributed by atoms with E-state index < -0.39 is 0 Å². The minimum Gasteiger partial charge on any atom is -0.369 e. The quantitative estimate of drug-likeness (QED) is 0.556. The summed E-state index contributed by atoms with van der Waals surface area (Å²) in [5, 5.41) is 3.47. The van der Waals surface area contributed by atoms with Gasteiger partial charge in [0.15, 0.2) is 0 Å². The number of rotatable bonds is 4. The normalized spacial score (nSPS) is 11.1. The molecule has 112 valence electrons. The van der Waals surface area contributed by atoms with Gasteiger partial charge in [-0.15, -0.1) is 0 Å². The average molecular weight is 300 g/mol. The Kier molecular flexibility index (Phi) is 3.70. The van der Waals surface area contributed by atoms with Crippen molar-refractivity contribution in [1.82, 2.24) is 9.97 Å². The van der Waals surface area contributed by atoms with Crippen LogP contribution in [0.5, 0.6) is 0 Å². The Morgan fingerprint density at radius 2 is 1.57 bits per heavy atom. The summed E-state index contributed by atoms with van der Waals surface area (Å²) in [7, 11) is 0. The molecule has 0 radical (unpaired) electrons. The van der Waals surface area contributed by atoms with Crippen molar-refractivity contribution in [3.8, 4) is 0 Å². The van der Waals surface area contributed by atoms with Crippen molar-refractivity contribution in [3.05, 3.63) is 84.3 Å². The van der Waals surface area contributed by atoms with Gasteiger partial charge in [0, 0.05) is 17.0 Å². The fraction of sp³-hybridized carbons (Fsp3) is 0.100. The number of ether oxygens (including phenoxy) is 1. The maximum atomic E-state index is 5.84. The predicted molar refractivity (Wildman–Crippen MR) is 92.0 cm³/mol. The van der Waals surface area contributed by atoms with Crippen LogP contribution in [-0.2, 0) is 18.0 Å². The number of para-hydroxylation sites is 1. The molecule has 3 nitrogen and oxygen atoms in total. The van der Waals surface area contributed by atoms with Gasteiger partial charge in [0.25, 0.3) is 0 Å². The van der Waals surface area contributed by atoms with Crippen LogP contribution < -0.4 is 0 Å². The van der Waals surface area contributed by atoms with Gasteiger partial charge in [-0.25, -0.2) is 0 Å². The fourth-order valence-corrected chi connectivity index (χ4v) is 2.74. The summed E-state index contributed by atoms with van der Waals surface area (Å²) in [5.41, 5.74) is 2.89. The van der Waals surface area contributed by atoms with Gasteiger partial charge < -0.3 is 4.74 Å². The summed E-state index contributed by atoms with van der Waals surface area (Å²) >= 11 is 0. The number of nitrogens with zero attached hydrogens (tertiary/aromatic N) is 2. The van der Waals surface area contributed by atoms with Gasteiger partial charge in [-0.05, 0) is 23.6 Å². The molecule has 2 heterocycles. The molecule has 4 rings (SSSR count). The summed E-state index contributed by atoms with van der Waals surface area (Å²) in [5.74, 6) is 0. The molecule has 3 heteroatoms. The first-order valence-electron chi connectivity index (χ1n) is 7.65. The summed E-state index contributed by atoms with van der Waals surface area (Å²) in [6, 6.07) is 22.4. The van der Waals surface area contributed by atoms with E-state index in [9.17, 15) is 0 Å². The van der Waals surface area contributed by atoms with Crippen LogP contribution in [-0.4, -0.2) is 9.97 Å². The van der Waals surface area contributed by atoms with Crippen molar-refractivity contribution in [2.75, 3.05) is 0 Å². The van der Waals surface area contributed by atoms with E-state index in [1.807, 2.05) is 48.7 Å². The fourth-order valence-electron chi connectivity index (χ4n) is 2.74. The lowest BCUT2D eigenvalue weighted by Crippen LogP contribution is -1.99. The van der Waals surface area contributed by atoms with Gasteiger partial charge in [-0.2, -0.15) is 0 Å². The number of pyridine rings is 2. The van der Waals surface area contributed by atoms with E-state index in [1.54, 1.807) is 0 Å². The lowest BCUT2D eigenvalue weighted by atomic mass is 10.1. The largest absolute Gasteiger partial charge is 0.369 e. The van der Waals surface area contributed by atoms with E-state index >= 15 is 0 Å². The smallest absolute Gasteiger partial charge is 0.0899 e. The first kappa shape index (κ1) is 13.9. The second kappa shape index (κ2) is 6.15. The Bertz CT molecular complexity index is 960. The van der Waals surface area contributed by atoms with Crippen molar-refractivity contribution < 1.29 is 4.74 Å². The summed E-state index contributed by atoms with van der Waals surface area (Å²) < 4.78 is 5.84. The molecule has 0 aliphatic carbocycles. The third kappa shape index (κ3) is 2.91. The molecule has 0 saturated carbocycles. The molecule has 0 aliphatic heterocycles. The highest BCUT2D eigenvalue weighted by atomic mass is 16.5. The van der Waals surface area contributed by atoms with Crippen LogP contribution in [0.25, 0.3) is 21.7 Å². The summed E-state index contributed by atoms with van der Waals surface area (Å²) in [4.78, 5) is 9.07. The standard InChI is InChI=1S/C20H16N2O/c1-3-7-18-15(5-1)11-12-21-20(18)14-23-13-17-10-9-16-6-2-4-8-19(16)22-17/h1-12H,13-14H2. The van der Waals surface area contributed by atoms with E-state index in [4.69, 9.17) is 4.74 Å². The second-order valence-corrected chi connectivity index (χ2v) is 5.47. The monoisotopic (exact) mass is 300 g/mol. The van der Waals surface area contributed by atoms with E-state index in [0.29, 0.717) is 13.2 Å². The van der Waals surface area contributed by atoms with Crippen LogP contribution in [0.2, 0.25) is 0 Å². The molecule has 0 bridgehead atoms. The zero-order valence-corrected chi connectivity index (χ0v) is 12.6. The van der Waals surface area contributed by atoms with Crippen LogP contribution >= 0.6 is 0 Å². The molecule has 0 N–H and O–H groups in total. The third-order valence-corrected chi connectivity index (χ3v) is 3.90. The summed E-state index contributed by atoms with van der Waals surface area (Å²) in [6.07, 6.45) is 1.83. The molecule has 0 aliphatic rings. The van der Waals surface area contributed by atoms with Crippen LogP contribution in [0.3, 0.4) is 0 Å². The Morgan fingerprint density at radius 1 is 0.739 bits per heavy atom. The van der Waals surface area contributed by atoms with Crippen LogP contribution in [0.1, 0.15) is 11.4 Å². The maximum Gasteiger partial charge on any atom is 0.0899 e. The Morgan fingerprint density at radius 3 is 2.52 bits per heavy atom. The lowest BCUT2D eigenvalue weighted by molar-refractivity contribution is 0.103. The third-order valence-electron chi connectivity index (χ3n) is 3.90. The predicted octanol–water partition coefficient (Wildman–Crippen LogP) is 4.50. The molecule has 0 saturated heterocycles. The van der Waals surface area contributed by atoms with E-state index in [2.05, 4.69) is 34.2 Å². The van der Waals surface area contributed by atoms with Gasteiger partial charge >= 0.3 is 0 Å². The average Bonchev–Trinajstić information content (AvgIpc) is 2.62. The molecule has 4 aromatic rings. The first-order chi connectivity index (χ1) is 11.4.